The lowest BCUT2D eigenvalue weighted by atomic mass is 10.1. The highest BCUT2D eigenvalue weighted by atomic mass is 35.5. The summed E-state index contributed by atoms with van der Waals surface area (Å²) in [5, 5.41) is 9.77. The molecule has 18 heavy (non-hydrogen) atoms. The van der Waals surface area contributed by atoms with E-state index in [1.165, 1.54) is 0 Å². The third-order valence-corrected chi connectivity index (χ3v) is 2.65. The molecule has 0 amide bonds. The molecule has 0 aliphatic heterocycles. The first-order valence-electron chi connectivity index (χ1n) is 4.99. The van der Waals surface area contributed by atoms with Crippen molar-refractivity contribution in [3.8, 4) is 5.75 Å². The fourth-order valence-corrected chi connectivity index (χ4v) is 1.87. The Balaban J connectivity index is 0.00000144. The molecule has 100 valence electrons. The number of hydrogen-bond donors (Lipinski definition) is 2. The first-order chi connectivity index (χ1) is 7.61. The van der Waals surface area contributed by atoms with E-state index in [1.807, 2.05) is 25.1 Å². The molecule has 1 heterocycles. The summed E-state index contributed by atoms with van der Waals surface area (Å²) in [5.41, 5.74) is 2.65. The van der Waals surface area contributed by atoms with Crippen LogP contribution in [-0.2, 0) is 11.2 Å². The molecule has 2 rings (SSSR count). The van der Waals surface area contributed by atoms with Crippen LogP contribution in [0.25, 0.3) is 10.9 Å². The van der Waals surface area contributed by atoms with Crippen LogP contribution in [0.15, 0.2) is 18.2 Å². The topological polar surface area (TPSA) is 62.3 Å². The Morgan fingerprint density at radius 3 is 2.61 bits per heavy atom. The monoisotopic (exact) mass is 291 g/mol. The predicted octanol–water partition coefficient (Wildman–Crippen LogP) is 2.96. The van der Waals surface area contributed by atoms with Gasteiger partial charge in [-0.05, 0) is 30.7 Å². The van der Waals surface area contributed by atoms with E-state index in [2.05, 4.69) is 4.98 Å². The number of carboxylic acid groups (broad SMARTS) is 1. The lowest BCUT2D eigenvalue weighted by molar-refractivity contribution is -0.136. The van der Waals surface area contributed by atoms with Crippen molar-refractivity contribution in [3.63, 3.8) is 0 Å². The Kier molecular flexibility index (Phi) is 6.01. The van der Waals surface area contributed by atoms with E-state index < -0.39 is 5.97 Å². The van der Waals surface area contributed by atoms with Crippen LogP contribution in [0, 0.1) is 6.92 Å². The average molecular weight is 292 g/mol. The molecule has 4 nitrogen and oxygen atoms in total. The molecule has 0 radical (unpaired) electrons. The van der Waals surface area contributed by atoms with Crippen molar-refractivity contribution in [2.45, 2.75) is 13.3 Å². The third-order valence-electron chi connectivity index (χ3n) is 2.65. The highest BCUT2D eigenvalue weighted by Gasteiger charge is 2.12. The number of hydrogen-bond acceptors (Lipinski definition) is 2. The van der Waals surface area contributed by atoms with E-state index >= 15 is 0 Å². The second-order valence-corrected chi connectivity index (χ2v) is 3.71. The van der Waals surface area contributed by atoms with E-state index in [-0.39, 0.29) is 31.2 Å². The number of aromatic nitrogens is 1. The quantitative estimate of drug-likeness (QED) is 0.914. The molecule has 0 saturated carbocycles. The number of fused-ring (bicyclic) bond motifs is 1. The van der Waals surface area contributed by atoms with Crippen molar-refractivity contribution in [2.75, 3.05) is 7.11 Å². The molecule has 0 aliphatic carbocycles. The van der Waals surface area contributed by atoms with Crippen molar-refractivity contribution in [3.05, 3.63) is 29.5 Å². The highest BCUT2D eigenvalue weighted by Crippen LogP contribution is 2.26. The highest BCUT2D eigenvalue weighted by molar-refractivity contribution is 5.89. The van der Waals surface area contributed by atoms with Gasteiger partial charge in [0.1, 0.15) is 5.75 Å². The van der Waals surface area contributed by atoms with E-state index in [1.54, 1.807) is 7.11 Å². The van der Waals surface area contributed by atoms with Crippen LogP contribution >= 0.6 is 24.8 Å². The molecule has 1 aromatic carbocycles. The fraction of sp³-hybridized carbons (Fsp3) is 0.250. The Morgan fingerprint density at radius 2 is 2.06 bits per heavy atom. The van der Waals surface area contributed by atoms with Crippen LogP contribution in [0.2, 0.25) is 0 Å². The Morgan fingerprint density at radius 1 is 1.39 bits per heavy atom. The maximum Gasteiger partial charge on any atom is 0.307 e. The van der Waals surface area contributed by atoms with Crippen molar-refractivity contribution in [2.24, 2.45) is 0 Å². The zero-order chi connectivity index (χ0) is 11.7. The van der Waals surface area contributed by atoms with E-state index in [9.17, 15) is 4.79 Å². The Labute approximate surface area is 117 Å². The molecular weight excluding hydrogens is 277 g/mol. The Hall–Kier alpha value is -1.39. The largest absolute Gasteiger partial charge is 0.497 e. The first-order valence-corrected chi connectivity index (χ1v) is 4.99. The first kappa shape index (κ1) is 16.6. The summed E-state index contributed by atoms with van der Waals surface area (Å²) in [6.07, 6.45) is 0.0268. The molecule has 0 spiro atoms. The third kappa shape index (κ3) is 3.09. The molecule has 0 bridgehead atoms. The summed E-state index contributed by atoms with van der Waals surface area (Å²) in [6, 6.07) is 5.60. The minimum absolute atomic E-state index is 0. The number of nitrogens with one attached hydrogen (secondary N) is 1. The molecule has 6 heteroatoms. The fourth-order valence-electron chi connectivity index (χ4n) is 1.87. The van der Waals surface area contributed by atoms with Gasteiger partial charge in [-0.3, -0.25) is 4.79 Å². The molecule has 0 unspecified atom stereocenters. The van der Waals surface area contributed by atoms with Gasteiger partial charge in [0.25, 0.3) is 0 Å². The van der Waals surface area contributed by atoms with E-state index in [0.717, 1.165) is 27.9 Å². The van der Waals surface area contributed by atoms with E-state index in [4.69, 9.17) is 9.84 Å². The summed E-state index contributed by atoms with van der Waals surface area (Å²) in [7, 11) is 1.59. The van der Waals surface area contributed by atoms with Crippen LogP contribution in [0.3, 0.4) is 0 Å². The number of ether oxygens (including phenoxy) is 1. The van der Waals surface area contributed by atoms with Crippen LogP contribution in [0.5, 0.6) is 5.75 Å². The smallest absolute Gasteiger partial charge is 0.307 e. The summed E-state index contributed by atoms with van der Waals surface area (Å²) >= 11 is 0. The van der Waals surface area contributed by atoms with Gasteiger partial charge in [0, 0.05) is 16.6 Å². The van der Waals surface area contributed by atoms with Crippen LogP contribution < -0.4 is 4.74 Å². The SMILES string of the molecule is COc1ccc2[nH]c(C)c(CC(=O)O)c2c1.Cl.Cl. The molecule has 0 saturated heterocycles. The lowest BCUT2D eigenvalue weighted by Crippen LogP contribution is -2.00. The van der Waals surface area contributed by atoms with Gasteiger partial charge in [-0.15, -0.1) is 24.8 Å². The maximum absolute atomic E-state index is 10.8. The second kappa shape index (κ2) is 6.52. The van der Waals surface area contributed by atoms with Crippen molar-refractivity contribution >= 4 is 41.7 Å². The average Bonchev–Trinajstić information content (AvgIpc) is 2.54. The maximum atomic E-state index is 10.8. The summed E-state index contributed by atoms with van der Waals surface area (Å²) < 4.78 is 5.13. The van der Waals surface area contributed by atoms with Gasteiger partial charge >= 0.3 is 5.97 Å². The molecule has 0 atom stereocenters. The number of aliphatic carboxylic acids is 1. The van der Waals surface area contributed by atoms with Gasteiger partial charge < -0.3 is 14.8 Å². The number of carbonyl (C=O) groups is 1. The van der Waals surface area contributed by atoms with Gasteiger partial charge in [-0.2, -0.15) is 0 Å². The van der Waals surface area contributed by atoms with E-state index in [0.29, 0.717) is 0 Å². The number of benzene rings is 1. The molecule has 1 aromatic heterocycles. The lowest BCUT2D eigenvalue weighted by Gasteiger charge is -2.00. The van der Waals surface area contributed by atoms with Crippen LogP contribution in [0.4, 0.5) is 0 Å². The number of aryl methyl sites for hydroxylation is 1. The van der Waals surface area contributed by atoms with Crippen LogP contribution in [0.1, 0.15) is 11.3 Å². The molecule has 0 fully saturated rings. The van der Waals surface area contributed by atoms with Gasteiger partial charge in [-0.25, -0.2) is 0 Å². The van der Waals surface area contributed by atoms with Crippen LogP contribution in [-0.4, -0.2) is 23.2 Å². The number of aromatic amines is 1. The summed E-state index contributed by atoms with van der Waals surface area (Å²) in [5.74, 6) is -0.0926. The number of halogens is 2. The Bertz CT molecular complexity index is 551. The number of rotatable bonds is 3. The molecule has 2 N–H and O–H groups in total. The number of methoxy groups -OCH3 is 1. The zero-order valence-electron chi connectivity index (χ0n) is 10.0. The van der Waals surface area contributed by atoms with Gasteiger partial charge in [0.05, 0.1) is 13.5 Å². The van der Waals surface area contributed by atoms with Crippen molar-refractivity contribution in [1.29, 1.82) is 0 Å². The second-order valence-electron chi connectivity index (χ2n) is 3.71. The minimum atomic E-state index is -0.827. The number of H-pyrrole nitrogens is 1. The molecule has 2 aromatic rings. The molecule has 0 aliphatic rings. The van der Waals surface area contributed by atoms with Gasteiger partial charge in [0.15, 0.2) is 0 Å². The van der Waals surface area contributed by atoms with Crippen molar-refractivity contribution < 1.29 is 14.6 Å². The van der Waals surface area contributed by atoms with Crippen molar-refractivity contribution in [1.82, 2.24) is 4.98 Å². The minimum Gasteiger partial charge on any atom is -0.497 e. The predicted molar refractivity (Wildman–Crippen MR) is 75.4 cm³/mol. The summed E-state index contributed by atoms with van der Waals surface area (Å²) in [6.45, 7) is 1.88. The van der Waals surface area contributed by atoms with Gasteiger partial charge in [0.2, 0.25) is 0 Å². The summed E-state index contributed by atoms with van der Waals surface area (Å²) in [4.78, 5) is 13.9. The molecular formula is C12H15Cl2NO3. The standard InChI is InChI=1S/C12H13NO3.2ClH/c1-7-9(6-12(14)15)10-5-8(16-2)3-4-11(10)13-7;;/h3-5,13H,6H2,1-2H3,(H,14,15);2*1H. The normalized spacial score (nSPS) is 9.44. The zero-order valence-corrected chi connectivity index (χ0v) is 11.7. The number of carboxylic acids is 1. The van der Waals surface area contributed by atoms with Gasteiger partial charge in [-0.1, -0.05) is 0 Å².